The first kappa shape index (κ1) is 23.3. The Morgan fingerprint density at radius 3 is 2.45 bits per heavy atom. The van der Waals surface area contributed by atoms with E-state index in [1.165, 1.54) is 5.56 Å². The highest BCUT2D eigenvalue weighted by molar-refractivity contribution is 7.10. The van der Waals surface area contributed by atoms with Crippen LogP contribution in [0, 0.1) is 0 Å². The molecule has 0 atom stereocenters. The SMILES string of the molecule is CC(C)(C)c1ccc(OCCCC(=O)N2CCC(NC(=O)Cc3cccs3)CC2)cc1. The Bertz CT molecular complexity index is 833. The number of hydrogen-bond donors (Lipinski definition) is 1. The van der Waals surface area contributed by atoms with Gasteiger partial charge in [-0.05, 0) is 53.8 Å². The monoisotopic (exact) mass is 442 g/mol. The minimum Gasteiger partial charge on any atom is -0.494 e. The molecular weight excluding hydrogens is 408 g/mol. The fourth-order valence-corrected chi connectivity index (χ4v) is 4.45. The molecular formula is C25H34N2O3S. The number of thiophene rings is 1. The molecule has 1 fully saturated rings. The highest BCUT2D eigenvalue weighted by atomic mass is 32.1. The van der Waals surface area contributed by atoms with Gasteiger partial charge in [-0.2, -0.15) is 0 Å². The first-order valence-electron chi connectivity index (χ1n) is 11.1. The molecule has 1 N–H and O–H groups in total. The van der Waals surface area contributed by atoms with Gasteiger partial charge in [0.2, 0.25) is 11.8 Å². The zero-order chi connectivity index (χ0) is 22.3. The minimum absolute atomic E-state index is 0.0694. The lowest BCUT2D eigenvalue weighted by atomic mass is 9.87. The number of likely N-dealkylation sites (tertiary alicyclic amines) is 1. The zero-order valence-electron chi connectivity index (χ0n) is 18.9. The standard InChI is InChI=1S/C25H34N2O3S/c1-25(2,3)19-8-10-21(11-9-19)30-16-4-7-24(29)27-14-12-20(13-15-27)26-23(28)18-22-6-5-17-31-22/h5-6,8-11,17,20H,4,7,12-16,18H2,1-3H3,(H,26,28). The molecule has 0 spiro atoms. The average Bonchev–Trinajstić information content (AvgIpc) is 3.24. The van der Waals surface area contributed by atoms with Crippen LogP contribution in [0.1, 0.15) is 56.9 Å². The number of nitrogens with one attached hydrogen (secondary N) is 1. The van der Waals surface area contributed by atoms with Gasteiger partial charge in [-0.3, -0.25) is 9.59 Å². The van der Waals surface area contributed by atoms with Gasteiger partial charge in [0.1, 0.15) is 5.75 Å². The first-order valence-corrected chi connectivity index (χ1v) is 12.0. The van der Waals surface area contributed by atoms with E-state index in [0.29, 0.717) is 39.0 Å². The maximum Gasteiger partial charge on any atom is 0.225 e. The number of amides is 2. The maximum atomic E-state index is 12.5. The molecule has 31 heavy (non-hydrogen) atoms. The molecule has 0 unspecified atom stereocenters. The van der Waals surface area contributed by atoms with Crippen molar-refractivity contribution in [1.82, 2.24) is 10.2 Å². The smallest absolute Gasteiger partial charge is 0.225 e. The van der Waals surface area contributed by atoms with Gasteiger partial charge >= 0.3 is 0 Å². The minimum atomic E-state index is 0.0694. The Labute approximate surface area is 189 Å². The molecule has 0 radical (unpaired) electrons. The molecule has 2 aromatic rings. The summed E-state index contributed by atoms with van der Waals surface area (Å²) in [7, 11) is 0. The third kappa shape index (κ3) is 7.39. The van der Waals surface area contributed by atoms with E-state index in [1.54, 1.807) is 11.3 Å². The van der Waals surface area contributed by atoms with E-state index in [4.69, 9.17) is 4.74 Å². The van der Waals surface area contributed by atoms with Crippen molar-refractivity contribution in [3.8, 4) is 5.75 Å². The number of rotatable bonds is 8. The van der Waals surface area contributed by atoms with Gasteiger partial charge in [-0.1, -0.05) is 39.0 Å². The van der Waals surface area contributed by atoms with Crippen LogP contribution in [0.4, 0.5) is 0 Å². The van der Waals surface area contributed by atoms with Crippen LogP contribution in [0.5, 0.6) is 5.75 Å². The van der Waals surface area contributed by atoms with E-state index < -0.39 is 0 Å². The van der Waals surface area contributed by atoms with Gasteiger partial charge in [0, 0.05) is 30.4 Å². The van der Waals surface area contributed by atoms with Crippen LogP contribution in [0.3, 0.4) is 0 Å². The Balaban J connectivity index is 1.30. The van der Waals surface area contributed by atoms with Crippen LogP contribution in [0.25, 0.3) is 0 Å². The van der Waals surface area contributed by atoms with Crippen LogP contribution in [0.2, 0.25) is 0 Å². The molecule has 1 aliphatic rings. The summed E-state index contributed by atoms with van der Waals surface area (Å²) in [5.74, 6) is 1.09. The summed E-state index contributed by atoms with van der Waals surface area (Å²) >= 11 is 1.60. The molecule has 168 valence electrons. The van der Waals surface area contributed by atoms with E-state index >= 15 is 0 Å². The van der Waals surface area contributed by atoms with Gasteiger partial charge in [0.25, 0.3) is 0 Å². The molecule has 2 heterocycles. The first-order chi connectivity index (χ1) is 14.8. The van der Waals surface area contributed by atoms with Crippen molar-refractivity contribution in [2.24, 2.45) is 0 Å². The second-order valence-electron chi connectivity index (χ2n) is 9.21. The van der Waals surface area contributed by atoms with E-state index in [9.17, 15) is 9.59 Å². The molecule has 1 aliphatic heterocycles. The highest BCUT2D eigenvalue weighted by Crippen LogP contribution is 2.24. The van der Waals surface area contributed by atoms with Crippen molar-refractivity contribution < 1.29 is 14.3 Å². The summed E-state index contributed by atoms with van der Waals surface area (Å²) in [6.45, 7) is 8.52. The third-order valence-electron chi connectivity index (χ3n) is 5.65. The Morgan fingerprint density at radius 1 is 1.13 bits per heavy atom. The largest absolute Gasteiger partial charge is 0.494 e. The molecule has 6 heteroatoms. The van der Waals surface area contributed by atoms with Crippen molar-refractivity contribution in [1.29, 1.82) is 0 Å². The second-order valence-corrected chi connectivity index (χ2v) is 10.2. The van der Waals surface area contributed by atoms with Crippen molar-refractivity contribution >= 4 is 23.2 Å². The second kappa shape index (κ2) is 10.8. The lowest BCUT2D eigenvalue weighted by Crippen LogP contribution is -2.46. The van der Waals surface area contributed by atoms with Crippen LogP contribution in [-0.4, -0.2) is 42.5 Å². The number of carbonyl (C=O) groups is 2. The van der Waals surface area contributed by atoms with Crippen LogP contribution >= 0.6 is 11.3 Å². The van der Waals surface area contributed by atoms with Crippen molar-refractivity contribution in [3.05, 3.63) is 52.2 Å². The van der Waals surface area contributed by atoms with Crippen molar-refractivity contribution in [3.63, 3.8) is 0 Å². The molecule has 5 nitrogen and oxygen atoms in total. The van der Waals surface area contributed by atoms with Crippen LogP contribution < -0.4 is 10.1 Å². The summed E-state index contributed by atoms with van der Waals surface area (Å²) in [6, 6.07) is 12.3. The number of piperidine rings is 1. The molecule has 1 saturated heterocycles. The van der Waals surface area contributed by atoms with E-state index in [0.717, 1.165) is 23.5 Å². The summed E-state index contributed by atoms with van der Waals surface area (Å²) in [4.78, 5) is 27.6. The van der Waals surface area contributed by atoms with Gasteiger partial charge in [0.05, 0.1) is 13.0 Å². The van der Waals surface area contributed by atoms with E-state index in [1.807, 2.05) is 34.5 Å². The number of hydrogen-bond acceptors (Lipinski definition) is 4. The number of benzene rings is 1. The van der Waals surface area contributed by atoms with E-state index in [-0.39, 0.29) is 23.3 Å². The normalized spacial score (nSPS) is 15.0. The molecule has 0 saturated carbocycles. The maximum absolute atomic E-state index is 12.5. The number of nitrogens with zero attached hydrogens (tertiary/aromatic N) is 1. The van der Waals surface area contributed by atoms with Gasteiger partial charge < -0.3 is 15.0 Å². The van der Waals surface area contributed by atoms with Crippen LogP contribution in [-0.2, 0) is 21.4 Å². The summed E-state index contributed by atoms with van der Waals surface area (Å²) < 4.78 is 5.80. The summed E-state index contributed by atoms with van der Waals surface area (Å²) in [6.07, 6.45) is 3.28. The molecule has 3 rings (SSSR count). The van der Waals surface area contributed by atoms with Gasteiger partial charge in [0.15, 0.2) is 0 Å². The Kier molecular flexibility index (Phi) is 8.13. The average molecular weight is 443 g/mol. The lowest BCUT2D eigenvalue weighted by molar-refractivity contribution is -0.132. The lowest BCUT2D eigenvalue weighted by Gasteiger charge is -2.32. The molecule has 2 amide bonds. The summed E-state index contributed by atoms with van der Waals surface area (Å²) in [5, 5.41) is 5.10. The fraction of sp³-hybridized carbons (Fsp3) is 0.520. The number of ether oxygens (including phenoxy) is 1. The zero-order valence-corrected chi connectivity index (χ0v) is 19.7. The van der Waals surface area contributed by atoms with E-state index in [2.05, 4.69) is 38.2 Å². The molecule has 0 aliphatic carbocycles. The predicted octanol–water partition coefficient (Wildman–Crippen LogP) is 4.55. The Morgan fingerprint density at radius 2 is 1.84 bits per heavy atom. The number of carbonyl (C=O) groups excluding carboxylic acids is 2. The van der Waals surface area contributed by atoms with Gasteiger partial charge in [-0.15, -0.1) is 11.3 Å². The molecule has 0 bridgehead atoms. The molecule has 1 aromatic heterocycles. The van der Waals surface area contributed by atoms with Gasteiger partial charge in [-0.25, -0.2) is 0 Å². The predicted molar refractivity (Wildman–Crippen MR) is 126 cm³/mol. The van der Waals surface area contributed by atoms with Crippen molar-refractivity contribution in [2.75, 3.05) is 19.7 Å². The van der Waals surface area contributed by atoms with Crippen LogP contribution in [0.15, 0.2) is 41.8 Å². The molecule has 1 aromatic carbocycles. The topological polar surface area (TPSA) is 58.6 Å². The fourth-order valence-electron chi connectivity index (χ4n) is 3.75. The quantitative estimate of drug-likeness (QED) is 0.610. The van der Waals surface area contributed by atoms with Crippen molar-refractivity contribution in [2.45, 2.75) is 64.3 Å². The summed E-state index contributed by atoms with van der Waals surface area (Å²) in [5.41, 5.74) is 1.41. The Hall–Kier alpha value is -2.34. The third-order valence-corrected chi connectivity index (χ3v) is 6.53. The highest BCUT2D eigenvalue weighted by Gasteiger charge is 2.23.